The Labute approximate surface area is 196 Å². The third-order valence-corrected chi connectivity index (χ3v) is 5.74. The van der Waals surface area contributed by atoms with E-state index in [-0.39, 0.29) is 29.4 Å². The summed E-state index contributed by atoms with van der Waals surface area (Å²) in [5.74, 6) is -0.337. The molecule has 1 aliphatic heterocycles. The summed E-state index contributed by atoms with van der Waals surface area (Å²) in [6.07, 6.45) is -2.78. The molecule has 1 aliphatic rings. The number of halogens is 4. The number of nitrogens with one attached hydrogen (secondary N) is 1. The van der Waals surface area contributed by atoms with E-state index in [0.717, 1.165) is 12.3 Å². The van der Waals surface area contributed by atoms with Crippen molar-refractivity contribution in [2.75, 3.05) is 23.3 Å². The van der Waals surface area contributed by atoms with Crippen molar-refractivity contribution in [3.8, 4) is 0 Å². The average Bonchev–Trinajstić information content (AvgIpc) is 3.16. The van der Waals surface area contributed by atoms with Crippen LogP contribution in [0.5, 0.6) is 0 Å². The molecule has 0 bridgehead atoms. The van der Waals surface area contributed by atoms with Gasteiger partial charge in [-0.3, -0.25) is 4.79 Å². The van der Waals surface area contributed by atoms with E-state index in [1.807, 2.05) is 4.90 Å². The lowest BCUT2D eigenvalue weighted by molar-refractivity contribution is -0.137. The number of amides is 1. The van der Waals surface area contributed by atoms with Crippen LogP contribution in [-0.4, -0.2) is 44.7 Å². The summed E-state index contributed by atoms with van der Waals surface area (Å²) in [6, 6.07) is 11.2. The monoisotopic (exact) mass is 485 g/mol. The van der Waals surface area contributed by atoms with Crippen molar-refractivity contribution in [3.63, 3.8) is 0 Å². The van der Waals surface area contributed by atoms with Crippen LogP contribution in [0.15, 0.2) is 60.9 Å². The van der Waals surface area contributed by atoms with Gasteiger partial charge in [0, 0.05) is 31.2 Å². The molecule has 7 nitrogen and oxygen atoms in total. The number of nitrogens with zero attached hydrogens (tertiary/aromatic N) is 4. The molecular weight excluding hydrogens is 466 g/mol. The number of rotatable bonds is 5. The first kappa shape index (κ1) is 22.8. The Morgan fingerprint density at radius 2 is 1.80 bits per heavy atom. The Bertz CT molecular complexity index is 1380. The van der Waals surface area contributed by atoms with Crippen molar-refractivity contribution in [1.82, 2.24) is 14.5 Å². The zero-order valence-electron chi connectivity index (χ0n) is 18.1. The van der Waals surface area contributed by atoms with Gasteiger partial charge in [-0.1, -0.05) is 12.1 Å². The van der Waals surface area contributed by atoms with Gasteiger partial charge >= 0.3 is 6.18 Å². The predicted molar refractivity (Wildman–Crippen MR) is 121 cm³/mol. The summed E-state index contributed by atoms with van der Waals surface area (Å²) >= 11 is 0. The van der Waals surface area contributed by atoms with Crippen molar-refractivity contribution in [2.45, 2.75) is 18.8 Å². The number of aromatic nitrogens is 3. The molecule has 4 heterocycles. The standard InChI is InChI=1S/C24H19F4N5O2/c25-17-3-1-14(2-4-17)11-33-20(8-15-7-16(24(26,27)28)9-30-22(15)33)23(35)31-18-5-6-21(29-10-18)32-12-19(34)13-32/h1-10,19,34H,11-13H2,(H,31,35). The molecule has 1 aromatic carbocycles. The molecule has 0 unspecified atom stereocenters. The fraction of sp³-hybridized carbons (Fsp3) is 0.208. The Morgan fingerprint density at radius 3 is 2.43 bits per heavy atom. The van der Waals surface area contributed by atoms with E-state index in [0.29, 0.717) is 30.2 Å². The smallest absolute Gasteiger partial charge is 0.389 e. The van der Waals surface area contributed by atoms with Crippen LogP contribution in [0.25, 0.3) is 11.0 Å². The number of anilines is 2. The first-order chi connectivity index (χ1) is 16.7. The second-order valence-electron chi connectivity index (χ2n) is 8.29. The van der Waals surface area contributed by atoms with Gasteiger partial charge in [0.15, 0.2) is 0 Å². The largest absolute Gasteiger partial charge is 0.417 e. The number of carbonyl (C=O) groups excluding carboxylic acids is 1. The van der Waals surface area contributed by atoms with Gasteiger partial charge in [0.05, 0.1) is 23.6 Å². The normalized spacial score (nSPS) is 14.3. The molecule has 0 radical (unpaired) electrons. The second-order valence-corrected chi connectivity index (χ2v) is 8.29. The number of β-amino-alcohol motifs (C(OH)–C–C–N with tert-alkyl or cyclic N) is 1. The third-order valence-electron chi connectivity index (χ3n) is 5.74. The Hall–Kier alpha value is -3.99. The van der Waals surface area contributed by atoms with E-state index >= 15 is 0 Å². The summed E-state index contributed by atoms with van der Waals surface area (Å²) in [6.45, 7) is 1.06. The summed E-state index contributed by atoms with van der Waals surface area (Å²) < 4.78 is 54.5. The van der Waals surface area contributed by atoms with Gasteiger partial charge in [0.2, 0.25) is 0 Å². The first-order valence-electron chi connectivity index (χ1n) is 10.7. The molecular formula is C24H19F4N5O2. The maximum atomic E-state index is 13.3. The fourth-order valence-electron chi connectivity index (χ4n) is 3.91. The quantitative estimate of drug-likeness (QED) is 0.417. The molecule has 3 aromatic heterocycles. The molecule has 5 rings (SSSR count). The summed E-state index contributed by atoms with van der Waals surface area (Å²) in [4.78, 5) is 23.3. The van der Waals surface area contributed by atoms with Crippen molar-refractivity contribution >= 4 is 28.4 Å². The van der Waals surface area contributed by atoms with Crippen LogP contribution in [-0.2, 0) is 12.7 Å². The van der Waals surface area contributed by atoms with E-state index in [4.69, 9.17) is 0 Å². The maximum absolute atomic E-state index is 13.3. The number of alkyl halides is 3. The van der Waals surface area contributed by atoms with Crippen LogP contribution in [0.4, 0.5) is 29.1 Å². The van der Waals surface area contributed by atoms with Gasteiger partial charge < -0.3 is 19.9 Å². The molecule has 1 amide bonds. The van der Waals surface area contributed by atoms with E-state index in [9.17, 15) is 27.5 Å². The van der Waals surface area contributed by atoms with E-state index in [2.05, 4.69) is 15.3 Å². The number of benzene rings is 1. The lowest BCUT2D eigenvalue weighted by atomic mass is 10.2. The van der Waals surface area contributed by atoms with E-state index < -0.39 is 23.5 Å². The molecule has 0 atom stereocenters. The summed E-state index contributed by atoms with van der Waals surface area (Å²) in [5.41, 5.74) is 0.389. The maximum Gasteiger partial charge on any atom is 0.417 e. The highest BCUT2D eigenvalue weighted by Gasteiger charge is 2.32. The molecule has 4 aromatic rings. The zero-order valence-corrected chi connectivity index (χ0v) is 18.1. The van der Waals surface area contributed by atoms with Crippen LogP contribution >= 0.6 is 0 Å². The third kappa shape index (κ3) is 4.67. The zero-order chi connectivity index (χ0) is 24.7. The minimum Gasteiger partial charge on any atom is -0.389 e. The lowest BCUT2D eigenvalue weighted by Crippen LogP contribution is -2.51. The van der Waals surface area contributed by atoms with E-state index in [1.165, 1.54) is 41.1 Å². The molecule has 180 valence electrons. The van der Waals surface area contributed by atoms with Crippen molar-refractivity contribution < 1.29 is 27.5 Å². The topological polar surface area (TPSA) is 83.3 Å². The highest BCUT2D eigenvalue weighted by atomic mass is 19.4. The SMILES string of the molecule is O=C(Nc1ccc(N2CC(O)C2)nc1)c1cc2cc(C(F)(F)F)cnc2n1Cc1ccc(F)cc1. The van der Waals surface area contributed by atoms with Gasteiger partial charge in [-0.05, 0) is 42.0 Å². The van der Waals surface area contributed by atoms with Crippen LogP contribution < -0.4 is 10.2 Å². The average molecular weight is 485 g/mol. The van der Waals surface area contributed by atoms with Gasteiger partial charge in [0.1, 0.15) is 23.0 Å². The van der Waals surface area contributed by atoms with Crippen molar-refractivity contribution in [3.05, 3.63) is 83.6 Å². The summed E-state index contributed by atoms with van der Waals surface area (Å²) in [7, 11) is 0. The molecule has 0 spiro atoms. The molecule has 0 saturated carbocycles. The fourth-order valence-corrected chi connectivity index (χ4v) is 3.91. The number of pyridine rings is 2. The number of aliphatic hydroxyl groups is 1. The minimum absolute atomic E-state index is 0.0890. The number of hydrogen-bond acceptors (Lipinski definition) is 5. The highest BCUT2D eigenvalue weighted by molar-refractivity contribution is 6.06. The van der Waals surface area contributed by atoms with Crippen molar-refractivity contribution in [2.24, 2.45) is 0 Å². The van der Waals surface area contributed by atoms with Crippen LogP contribution in [0.1, 0.15) is 21.6 Å². The first-order valence-corrected chi connectivity index (χ1v) is 10.7. The molecule has 35 heavy (non-hydrogen) atoms. The van der Waals surface area contributed by atoms with Gasteiger partial charge in [-0.15, -0.1) is 0 Å². The number of aliphatic hydroxyl groups excluding tert-OH is 1. The van der Waals surface area contributed by atoms with Crippen LogP contribution in [0.3, 0.4) is 0 Å². The Balaban J connectivity index is 1.47. The van der Waals surface area contributed by atoms with Gasteiger partial charge in [0.25, 0.3) is 5.91 Å². The molecule has 1 fully saturated rings. The van der Waals surface area contributed by atoms with E-state index in [1.54, 1.807) is 12.1 Å². The molecule has 11 heteroatoms. The molecule has 2 N–H and O–H groups in total. The lowest BCUT2D eigenvalue weighted by Gasteiger charge is -2.36. The number of fused-ring (bicyclic) bond motifs is 1. The molecule has 1 saturated heterocycles. The summed E-state index contributed by atoms with van der Waals surface area (Å²) in [5, 5.41) is 12.3. The second kappa shape index (κ2) is 8.66. The predicted octanol–water partition coefficient (Wildman–Crippen LogP) is 4.07. The number of hydrogen-bond donors (Lipinski definition) is 2. The minimum atomic E-state index is -4.58. The van der Waals surface area contributed by atoms with Gasteiger partial charge in [-0.2, -0.15) is 13.2 Å². The number of carbonyl (C=O) groups is 1. The Kier molecular flexibility index (Phi) is 5.64. The van der Waals surface area contributed by atoms with Crippen molar-refractivity contribution in [1.29, 1.82) is 0 Å². The van der Waals surface area contributed by atoms with Gasteiger partial charge in [-0.25, -0.2) is 14.4 Å². The molecule has 0 aliphatic carbocycles. The Morgan fingerprint density at radius 1 is 1.06 bits per heavy atom. The van der Waals surface area contributed by atoms with Crippen LogP contribution in [0.2, 0.25) is 0 Å². The van der Waals surface area contributed by atoms with Crippen LogP contribution in [0, 0.1) is 5.82 Å². The highest BCUT2D eigenvalue weighted by Crippen LogP contribution is 2.32.